The largest absolute Gasteiger partial charge is 0.350 e. The maximum absolute atomic E-state index is 14.4. The first-order chi connectivity index (χ1) is 17.8. The molecule has 2 saturated carbocycles. The minimum Gasteiger partial charge on any atom is -0.350 e. The van der Waals surface area contributed by atoms with Crippen LogP contribution in [0.4, 0.5) is 21.8 Å². The van der Waals surface area contributed by atoms with Crippen LogP contribution in [0.25, 0.3) is 0 Å². The van der Waals surface area contributed by atoms with Crippen LogP contribution in [0.15, 0.2) is 24.7 Å². The number of carbonyl (C=O) groups excluding carboxylic acids is 1. The standard InChI is InChI=1S/C27H29FN8O/c1-17-13-35(25(37)26(14-30)5-3-6-26)18(2)12-34(17)23-22-24(33-16-32-23)36(15-27(22)9-20(28)10-27)21-8-19(11-29)4-7-31-21/h4,7-8,16-18,20H,3,5-6,9-10,12-13,15H2,1-2H3/t17-,18+,20?,27?/m0/s1. The lowest BCUT2D eigenvalue weighted by Crippen LogP contribution is -2.62. The summed E-state index contributed by atoms with van der Waals surface area (Å²) >= 11 is 0. The number of alkyl halides is 1. The molecule has 37 heavy (non-hydrogen) atoms. The van der Waals surface area contributed by atoms with Gasteiger partial charge in [-0.05, 0) is 58.1 Å². The first kappa shape index (κ1) is 23.6. The molecule has 2 aliphatic carbocycles. The smallest absolute Gasteiger partial charge is 0.243 e. The summed E-state index contributed by atoms with van der Waals surface area (Å²) in [6.45, 7) is 5.67. The first-order valence-corrected chi connectivity index (χ1v) is 12.9. The number of hydrogen-bond acceptors (Lipinski definition) is 8. The van der Waals surface area contributed by atoms with E-state index in [9.17, 15) is 19.7 Å². The summed E-state index contributed by atoms with van der Waals surface area (Å²) in [4.78, 5) is 33.2. The van der Waals surface area contributed by atoms with Crippen LogP contribution in [0.5, 0.6) is 0 Å². The van der Waals surface area contributed by atoms with Gasteiger partial charge >= 0.3 is 0 Å². The van der Waals surface area contributed by atoms with Crippen molar-refractivity contribution in [3.05, 3.63) is 35.8 Å². The SMILES string of the molecule is C[C@@H]1CN(c2ncnc3c2C2(CC(F)C2)CN3c2cc(C#N)ccn2)[C@@H](C)CN1C(=O)C1(C#N)CCC1. The van der Waals surface area contributed by atoms with Gasteiger partial charge in [0, 0.05) is 48.9 Å². The molecule has 2 aromatic heterocycles. The zero-order valence-electron chi connectivity index (χ0n) is 21.1. The van der Waals surface area contributed by atoms with Crippen molar-refractivity contribution in [1.29, 1.82) is 10.5 Å². The average Bonchev–Trinajstić information content (AvgIpc) is 3.20. The summed E-state index contributed by atoms with van der Waals surface area (Å²) in [6, 6.07) is 7.70. The second kappa shape index (κ2) is 8.37. The van der Waals surface area contributed by atoms with E-state index in [1.54, 1.807) is 18.3 Å². The fourth-order valence-corrected chi connectivity index (χ4v) is 6.55. The molecule has 10 heteroatoms. The van der Waals surface area contributed by atoms with E-state index in [4.69, 9.17) is 4.98 Å². The molecule has 0 unspecified atom stereocenters. The number of pyridine rings is 1. The molecule has 0 aromatic carbocycles. The maximum Gasteiger partial charge on any atom is 0.243 e. The third-order valence-corrected chi connectivity index (χ3v) is 8.78. The van der Waals surface area contributed by atoms with E-state index in [1.165, 1.54) is 6.33 Å². The summed E-state index contributed by atoms with van der Waals surface area (Å²) in [5.41, 5.74) is 0.134. The highest BCUT2D eigenvalue weighted by atomic mass is 19.1. The minimum atomic E-state index is -0.880. The van der Waals surface area contributed by atoms with Gasteiger partial charge in [0.15, 0.2) is 0 Å². The fraction of sp³-hybridized carbons (Fsp3) is 0.556. The summed E-state index contributed by atoms with van der Waals surface area (Å²) in [5.74, 6) is 2.04. The van der Waals surface area contributed by atoms with Crippen LogP contribution in [0.2, 0.25) is 0 Å². The van der Waals surface area contributed by atoms with Crippen LogP contribution >= 0.6 is 0 Å². The van der Waals surface area contributed by atoms with Gasteiger partial charge in [0.1, 0.15) is 35.4 Å². The molecule has 2 aliphatic heterocycles. The van der Waals surface area contributed by atoms with Gasteiger partial charge in [-0.2, -0.15) is 10.5 Å². The van der Waals surface area contributed by atoms with Gasteiger partial charge in [0.25, 0.3) is 0 Å². The van der Waals surface area contributed by atoms with E-state index in [-0.39, 0.29) is 18.0 Å². The number of nitriles is 2. The molecule has 1 amide bonds. The van der Waals surface area contributed by atoms with Crippen molar-refractivity contribution in [3.8, 4) is 12.1 Å². The van der Waals surface area contributed by atoms with Gasteiger partial charge in [0.2, 0.25) is 5.91 Å². The van der Waals surface area contributed by atoms with Gasteiger partial charge < -0.3 is 14.7 Å². The molecule has 0 bridgehead atoms. The molecule has 4 heterocycles. The molecule has 1 spiro atoms. The Hall–Kier alpha value is -3.79. The number of hydrogen-bond donors (Lipinski definition) is 0. The van der Waals surface area contributed by atoms with Crippen LogP contribution in [-0.2, 0) is 10.2 Å². The Kier molecular flexibility index (Phi) is 5.34. The summed E-state index contributed by atoms with van der Waals surface area (Å²) in [7, 11) is 0. The van der Waals surface area contributed by atoms with Gasteiger partial charge in [-0.15, -0.1) is 0 Å². The third-order valence-electron chi connectivity index (χ3n) is 8.78. The highest BCUT2D eigenvalue weighted by molar-refractivity contribution is 5.87. The summed E-state index contributed by atoms with van der Waals surface area (Å²) in [6.07, 6.45) is 5.22. The predicted octanol–water partition coefficient (Wildman–Crippen LogP) is 3.38. The first-order valence-electron chi connectivity index (χ1n) is 12.9. The van der Waals surface area contributed by atoms with E-state index >= 15 is 0 Å². The predicted molar refractivity (Wildman–Crippen MR) is 134 cm³/mol. The molecular formula is C27H29FN8O. The lowest BCUT2D eigenvalue weighted by molar-refractivity contribution is -0.146. The minimum absolute atomic E-state index is 0.0395. The summed E-state index contributed by atoms with van der Waals surface area (Å²) < 4.78 is 14.4. The van der Waals surface area contributed by atoms with Crippen molar-refractivity contribution in [2.45, 2.75) is 69.6 Å². The van der Waals surface area contributed by atoms with E-state index in [1.807, 2.05) is 16.7 Å². The highest BCUT2D eigenvalue weighted by Crippen LogP contribution is 2.57. The van der Waals surface area contributed by atoms with Gasteiger partial charge in [0.05, 0.1) is 17.7 Å². The molecule has 2 atom stereocenters. The Morgan fingerprint density at radius 1 is 1.11 bits per heavy atom. The third kappa shape index (κ3) is 3.46. The van der Waals surface area contributed by atoms with Crippen LogP contribution < -0.4 is 9.80 Å². The van der Waals surface area contributed by atoms with E-state index < -0.39 is 17.0 Å². The lowest BCUT2D eigenvalue weighted by Gasteiger charge is -2.49. The number of amides is 1. The molecule has 2 aromatic rings. The number of rotatable bonds is 3. The molecule has 190 valence electrons. The van der Waals surface area contributed by atoms with E-state index in [0.717, 1.165) is 17.8 Å². The highest BCUT2D eigenvalue weighted by Gasteiger charge is 2.56. The van der Waals surface area contributed by atoms with Gasteiger partial charge in [-0.25, -0.2) is 19.3 Å². The zero-order valence-corrected chi connectivity index (χ0v) is 21.1. The molecule has 0 N–H and O–H groups in total. The number of fused-ring (bicyclic) bond motifs is 2. The van der Waals surface area contributed by atoms with Crippen molar-refractivity contribution in [2.75, 3.05) is 29.4 Å². The topological polar surface area (TPSA) is 113 Å². The quantitative estimate of drug-likeness (QED) is 0.630. The Bertz CT molecular complexity index is 1340. The number of anilines is 3. The molecular weight excluding hydrogens is 471 g/mol. The Labute approximate surface area is 215 Å². The van der Waals surface area contributed by atoms with Crippen molar-refractivity contribution < 1.29 is 9.18 Å². The second-order valence-electron chi connectivity index (χ2n) is 11.1. The molecule has 4 aliphatic rings. The number of piperazine rings is 1. The van der Waals surface area contributed by atoms with Crippen LogP contribution in [0.1, 0.15) is 57.1 Å². The Morgan fingerprint density at radius 3 is 2.51 bits per heavy atom. The zero-order chi connectivity index (χ0) is 25.9. The van der Waals surface area contributed by atoms with Crippen LogP contribution in [0, 0.1) is 28.1 Å². The summed E-state index contributed by atoms with van der Waals surface area (Å²) in [5, 5.41) is 19.1. The molecule has 1 saturated heterocycles. The van der Waals surface area contributed by atoms with Crippen molar-refractivity contribution >= 4 is 23.4 Å². The monoisotopic (exact) mass is 500 g/mol. The second-order valence-corrected chi connectivity index (χ2v) is 11.1. The van der Waals surface area contributed by atoms with E-state index in [0.29, 0.717) is 62.5 Å². The lowest BCUT2D eigenvalue weighted by atomic mass is 9.64. The van der Waals surface area contributed by atoms with Gasteiger partial charge in [-0.1, -0.05) is 0 Å². The average molecular weight is 501 g/mol. The number of aromatic nitrogens is 3. The van der Waals surface area contributed by atoms with Crippen molar-refractivity contribution in [1.82, 2.24) is 19.9 Å². The maximum atomic E-state index is 14.4. The normalized spacial score (nSPS) is 29.6. The fourth-order valence-electron chi connectivity index (χ4n) is 6.55. The van der Waals surface area contributed by atoms with Crippen molar-refractivity contribution in [3.63, 3.8) is 0 Å². The number of halogens is 1. The number of carbonyl (C=O) groups is 1. The molecule has 6 rings (SSSR count). The Morgan fingerprint density at radius 2 is 1.86 bits per heavy atom. The van der Waals surface area contributed by atoms with Crippen molar-refractivity contribution in [2.24, 2.45) is 5.41 Å². The number of nitrogens with zero attached hydrogens (tertiary/aromatic N) is 8. The Balaban J connectivity index is 1.35. The molecule has 0 radical (unpaired) electrons. The molecule has 3 fully saturated rings. The van der Waals surface area contributed by atoms with Gasteiger partial charge in [-0.3, -0.25) is 4.79 Å². The van der Waals surface area contributed by atoms with Crippen LogP contribution in [0.3, 0.4) is 0 Å². The van der Waals surface area contributed by atoms with E-state index in [2.05, 4.69) is 33.9 Å². The van der Waals surface area contributed by atoms with Crippen LogP contribution in [-0.4, -0.2) is 63.6 Å². The molecule has 9 nitrogen and oxygen atoms in total.